The lowest BCUT2D eigenvalue weighted by Crippen LogP contribution is -2.57. The first-order valence-corrected chi connectivity index (χ1v) is 8.11. The van der Waals surface area contributed by atoms with Gasteiger partial charge in [0.25, 0.3) is 5.91 Å². The standard InChI is InChI=1S/C17H22N4O2/c1-3-4-7-15-17(23)19(2)10-11-20(15)16(22)13-12-18-21-9-6-5-8-14(13)21/h5-6,8-9,12,15H,3-4,7,10-11H2,1-2H3/t15-/m0/s1. The molecule has 6 heteroatoms. The van der Waals surface area contributed by atoms with Gasteiger partial charge in [-0.1, -0.05) is 25.8 Å². The summed E-state index contributed by atoms with van der Waals surface area (Å²) < 4.78 is 1.69. The second-order valence-electron chi connectivity index (χ2n) is 6.01. The zero-order valence-electron chi connectivity index (χ0n) is 13.6. The van der Waals surface area contributed by atoms with Crippen LogP contribution in [-0.4, -0.2) is 57.4 Å². The van der Waals surface area contributed by atoms with E-state index in [2.05, 4.69) is 12.0 Å². The van der Waals surface area contributed by atoms with E-state index in [4.69, 9.17) is 0 Å². The molecule has 2 amide bonds. The van der Waals surface area contributed by atoms with Crippen molar-refractivity contribution in [2.24, 2.45) is 0 Å². The van der Waals surface area contributed by atoms with Gasteiger partial charge in [-0.25, -0.2) is 4.52 Å². The van der Waals surface area contributed by atoms with Crippen molar-refractivity contribution in [3.8, 4) is 0 Å². The lowest BCUT2D eigenvalue weighted by atomic mass is 10.0. The number of unbranched alkanes of at least 4 members (excludes halogenated alkanes) is 1. The fourth-order valence-electron chi connectivity index (χ4n) is 3.09. The molecule has 2 aromatic rings. The van der Waals surface area contributed by atoms with E-state index in [9.17, 15) is 9.59 Å². The molecule has 23 heavy (non-hydrogen) atoms. The van der Waals surface area contributed by atoms with E-state index in [0.29, 0.717) is 25.1 Å². The summed E-state index contributed by atoms with van der Waals surface area (Å²) in [5, 5.41) is 4.23. The molecule has 6 nitrogen and oxygen atoms in total. The number of aromatic nitrogens is 2. The smallest absolute Gasteiger partial charge is 0.258 e. The van der Waals surface area contributed by atoms with Gasteiger partial charge in [0.05, 0.1) is 17.3 Å². The number of hydrogen-bond acceptors (Lipinski definition) is 3. The van der Waals surface area contributed by atoms with E-state index in [-0.39, 0.29) is 17.9 Å². The highest BCUT2D eigenvalue weighted by atomic mass is 16.2. The van der Waals surface area contributed by atoms with Crippen LogP contribution < -0.4 is 0 Å². The number of carbonyl (C=O) groups is 2. The van der Waals surface area contributed by atoms with Crippen LogP contribution >= 0.6 is 0 Å². The molecule has 0 unspecified atom stereocenters. The minimum atomic E-state index is -0.361. The Bertz CT molecular complexity index is 724. The third-order valence-corrected chi connectivity index (χ3v) is 4.46. The lowest BCUT2D eigenvalue weighted by Gasteiger charge is -2.39. The monoisotopic (exact) mass is 314 g/mol. The summed E-state index contributed by atoms with van der Waals surface area (Å²) in [6.45, 7) is 3.24. The zero-order valence-corrected chi connectivity index (χ0v) is 13.6. The Labute approximate surface area is 135 Å². The maximum atomic E-state index is 13.0. The van der Waals surface area contributed by atoms with Crippen molar-refractivity contribution in [2.45, 2.75) is 32.2 Å². The van der Waals surface area contributed by atoms with Crippen LogP contribution in [0, 0.1) is 0 Å². The molecular formula is C17H22N4O2. The third-order valence-electron chi connectivity index (χ3n) is 4.46. The first-order valence-electron chi connectivity index (χ1n) is 8.11. The number of likely N-dealkylation sites (N-methyl/N-ethyl adjacent to an activating group) is 1. The Kier molecular flexibility index (Phi) is 4.32. The van der Waals surface area contributed by atoms with Crippen molar-refractivity contribution >= 4 is 17.3 Å². The molecule has 3 heterocycles. The van der Waals surface area contributed by atoms with Crippen molar-refractivity contribution in [3.63, 3.8) is 0 Å². The normalized spacial score (nSPS) is 18.7. The Hall–Kier alpha value is -2.37. The number of carbonyl (C=O) groups excluding carboxylic acids is 2. The minimum Gasteiger partial charge on any atom is -0.342 e. The van der Waals surface area contributed by atoms with Crippen molar-refractivity contribution in [3.05, 3.63) is 36.2 Å². The molecular weight excluding hydrogens is 292 g/mol. The van der Waals surface area contributed by atoms with Gasteiger partial charge < -0.3 is 9.80 Å². The van der Waals surface area contributed by atoms with Crippen molar-refractivity contribution in [2.75, 3.05) is 20.1 Å². The minimum absolute atomic E-state index is 0.0366. The Morgan fingerprint density at radius 1 is 1.35 bits per heavy atom. The van der Waals surface area contributed by atoms with Gasteiger partial charge in [-0.2, -0.15) is 5.10 Å². The molecule has 122 valence electrons. The summed E-state index contributed by atoms with van der Waals surface area (Å²) in [4.78, 5) is 28.9. The van der Waals surface area contributed by atoms with E-state index in [1.807, 2.05) is 24.4 Å². The first kappa shape index (κ1) is 15.5. The maximum Gasteiger partial charge on any atom is 0.258 e. The molecule has 1 aliphatic heterocycles. The summed E-state index contributed by atoms with van der Waals surface area (Å²) in [7, 11) is 1.80. The second kappa shape index (κ2) is 6.40. The number of pyridine rings is 1. The number of amides is 2. The molecule has 1 aliphatic rings. The lowest BCUT2D eigenvalue weighted by molar-refractivity contribution is -0.138. The summed E-state index contributed by atoms with van der Waals surface area (Å²) >= 11 is 0. The summed E-state index contributed by atoms with van der Waals surface area (Å²) in [6, 6.07) is 5.27. The Balaban J connectivity index is 1.91. The molecule has 1 atom stereocenters. The molecule has 0 aromatic carbocycles. The van der Waals surface area contributed by atoms with Crippen LogP contribution in [0.4, 0.5) is 0 Å². The van der Waals surface area contributed by atoms with Gasteiger partial charge >= 0.3 is 0 Å². The van der Waals surface area contributed by atoms with Crippen molar-refractivity contribution in [1.29, 1.82) is 0 Å². The molecule has 3 rings (SSSR count). The van der Waals surface area contributed by atoms with Crippen molar-refractivity contribution in [1.82, 2.24) is 19.4 Å². The predicted molar refractivity (Wildman–Crippen MR) is 87.2 cm³/mol. The van der Waals surface area contributed by atoms with Crippen LogP contribution in [0.25, 0.3) is 5.52 Å². The average Bonchev–Trinajstić information content (AvgIpc) is 2.99. The van der Waals surface area contributed by atoms with Crippen LogP contribution in [0.15, 0.2) is 30.6 Å². The average molecular weight is 314 g/mol. The highest BCUT2D eigenvalue weighted by Gasteiger charge is 2.36. The summed E-state index contributed by atoms with van der Waals surface area (Å²) in [6.07, 6.45) is 6.06. The number of rotatable bonds is 4. The Morgan fingerprint density at radius 2 is 2.17 bits per heavy atom. The molecule has 0 aliphatic carbocycles. The van der Waals surface area contributed by atoms with Crippen molar-refractivity contribution < 1.29 is 9.59 Å². The van der Waals surface area contributed by atoms with Gasteiger partial charge in [-0.05, 0) is 18.6 Å². The van der Waals surface area contributed by atoms with E-state index >= 15 is 0 Å². The second-order valence-corrected chi connectivity index (χ2v) is 6.01. The molecule has 1 fully saturated rings. The van der Waals surface area contributed by atoms with Crippen LogP contribution in [0.2, 0.25) is 0 Å². The molecule has 0 saturated carbocycles. The van der Waals surface area contributed by atoms with Gasteiger partial charge in [0.15, 0.2) is 0 Å². The third kappa shape index (κ3) is 2.81. The van der Waals surface area contributed by atoms with Gasteiger partial charge in [0, 0.05) is 26.3 Å². The fraction of sp³-hybridized carbons (Fsp3) is 0.471. The van der Waals surface area contributed by atoms with Crippen LogP contribution in [-0.2, 0) is 4.79 Å². The predicted octanol–water partition coefficient (Wildman–Crippen LogP) is 1.81. The largest absolute Gasteiger partial charge is 0.342 e. The topological polar surface area (TPSA) is 57.9 Å². The number of hydrogen-bond donors (Lipinski definition) is 0. The molecule has 0 radical (unpaired) electrons. The fourth-order valence-corrected chi connectivity index (χ4v) is 3.09. The molecule has 2 aromatic heterocycles. The summed E-state index contributed by atoms with van der Waals surface area (Å²) in [5.74, 6) is -0.0664. The van der Waals surface area contributed by atoms with Gasteiger partial charge in [0.1, 0.15) is 6.04 Å². The molecule has 0 spiro atoms. The van der Waals surface area contributed by atoms with Gasteiger partial charge in [-0.3, -0.25) is 9.59 Å². The SMILES string of the molecule is CCCC[C@H]1C(=O)N(C)CCN1C(=O)c1cnn2ccccc12. The molecule has 0 N–H and O–H groups in total. The van der Waals surface area contributed by atoms with E-state index in [1.54, 1.807) is 27.6 Å². The quantitative estimate of drug-likeness (QED) is 0.865. The number of fused-ring (bicyclic) bond motifs is 1. The molecule has 1 saturated heterocycles. The highest BCUT2D eigenvalue weighted by Crippen LogP contribution is 2.21. The van der Waals surface area contributed by atoms with Crippen LogP contribution in [0.5, 0.6) is 0 Å². The maximum absolute atomic E-state index is 13.0. The van der Waals surface area contributed by atoms with E-state index in [0.717, 1.165) is 18.4 Å². The number of nitrogens with zero attached hydrogens (tertiary/aromatic N) is 4. The summed E-state index contributed by atoms with van der Waals surface area (Å²) in [5.41, 5.74) is 1.34. The molecule has 0 bridgehead atoms. The first-order chi connectivity index (χ1) is 11.1. The van der Waals surface area contributed by atoms with Crippen LogP contribution in [0.1, 0.15) is 36.5 Å². The number of piperazine rings is 1. The van der Waals surface area contributed by atoms with Gasteiger partial charge in [0.2, 0.25) is 5.91 Å². The van der Waals surface area contributed by atoms with E-state index in [1.165, 1.54) is 0 Å². The van der Waals surface area contributed by atoms with Gasteiger partial charge in [-0.15, -0.1) is 0 Å². The highest BCUT2D eigenvalue weighted by molar-refractivity contribution is 6.03. The zero-order chi connectivity index (χ0) is 16.4. The van der Waals surface area contributed by atoms with Crippen LogP contribution in [0.3, 0.4) is 0 Å². The van der Waals surface area contributed by atoms with E-state index < -0.39 is 0 Å². The Morgan fingerprint density at radius 3 is 2.96 bits per heavy atom.